The van der Waals surface area contributed by atoms with Gasteiger partial charge >= 0.3 is 5.97 Å². The SMILES string of the molecule is CCOC(=O)c1c(C)oc2nc(CO)nc(N)c12. The summed E-state index contributed by atoms with van der Waals surface area (Å²) in [6, 6.07) is 0. The normalized spacial score (nSPS) is 10.8. The molecule has 0 saturated heterocycles. The maximum atomic E-state index is 11.8. The van der Waals surface area contributed by atoms with Gasteiger partial charge in [-0.15, -0.1) is 0 Å². The van der Waals surface area contributed by atoms with Crippen LogP contribution in [0.15, 0.2) is 4.42 Å². The van der Waals surface area contributed by atoms with E-state index >= 15 is 0 Å². The van der Waals surface area contributed by atoms with E-state index in [1.807, 2.05) is 0 Å². The van der Waals surface area contributed by atoms with E-state index < -0.39 is 5.97 Å². The van der Waals surface area contributed by atoms with Crippen molar-refractivity contribution >= 4 is 22.9 Å². The first kappa shape index (κ1) is 12.3. The van der Waals surface area contributed by atoms with Gasteiger partial charge in [0.05, 0.1) is 12.0 Å². The molecule has 2 aromatic rings. The third-order valence-corrected chi connectivity index (χ3v) is 2.42. The summed E-state index contributed by atoms with van der Waals surface area (Å²) in [5, 5.41) is 9.30. The Morgan fingerprint density at radius 1 is 1.50 bits per heavy atom. The van der Waals surface area contributed by atoms with Crippen LogP contribution in [0.1, 0.15) is 28.9 Å². The average molecular weight is 251 g/mol. The molecule has 2 aromatic heterocycles. The Morgan fingerprint density at radius 3 is 2.83 bits per heavy atom. The summed E-state index contributed by atoms with van der Waals surface area (Å²) in [5.41, 5.74) is 6.15. The number of hydrogen-bond acceptors (Lipinski definition) is 7. The van der Waals surface area contributed by atoms with Gasteiger partial charge in [0.1, 0.15) is 23.7 Å². The summed E-state index contributed by atoms with van der Waals surface area (Å²) in [7, 11) is 0. The molecule has 0 aliphatic heterocycles. The Kier molecular flexibility index (Phi) is 3.15. The minimum Gasteiger partial charge on any atom is -0.462 e. The van der Waals surface area contributed by atoms with Gasteiger partial charge in [0.25, 0.3) is 0 Å². The van der Waals surface area contributed by atoms with Gasteiger partial charge in [-0.2, -0.15) is 4.98 Å². The number of nitrogens with zero attached hydrogens (tertiary/aromatic N) is 2. The predicted molar refractivity (Wildman–Crippen MR) is 62.8 cm³/mol. The summed E-state index contributed by atoms with van der Waals surface area (Å²) in [5.74, 6) is 0.0634. The molecule has 2 rings (SSSR count). The number of aliphatic hydroxyl groups is 1. The van der Waals surface area contributed by atoms with Crippen LogP contribution in [0.4, 0.5) is 5.82 Å². The molecule has 0 aliphatic rings. The molecule has 0 amide bonds. The van der Waals surface area contributed by atoms with E-state index in [1.165, 1.54) is 0 Å². The minimum atomic E-state index is -0.527. The number of furan rings is 1. The van der Waals surface area contributed by atoms with Crippen molar-refractivity contribution in [3.05, 3.63) is 17.1 Å². The van der Waals surface area contributed by atoms with Crippen molar-refractivity contribution in [1.29, 1.82) is 0 Å². The minimum absolute atomic E-state index is 0.0870. The summed E-state index contributed by atoms with van der Waals surface area (Å²) in [6.07, 6.45) is 0. The second-order valence-corrected chi connectivity index (χ2v) is 3.62. The highest BCUT2D eigenvalue weighted by Gasteiger charge is 2.23. The maximum Gasteiger partial charge on any atom is 0.342 e. The smallest absolute Gasteiger partial charge is 0.342 e. The standard InChI is InChI=1S/C11H13N3O4/c1-3-17-11(16)7-5(2)18-10-8(7)9(12)13-6(4-15)14-10/h15H,3-4H2,1-2H3,(H2,12,13,14). The number of anilines is 1. The Morgan fingerprint density at radius 2 is 2.22 bits per heavy atom. The summed E-state index contributed by atoms with van der Waals surface area (Å²) in [6.45, 7) is 3.22. The number of hydrogen-bond donors (Lipinski definition) is 2. The average Bonchev–Trinajstić information content (AvgIpc) is 2.66. The lowest BCUT2D eigenvalue weighted by molar-refractivity contribution is 0.0526. The van der Waals surface area contributed by atoms with Crippen LogP contribution >= 0.6 is 0 Å². The molecular weight excluding hydrogens is 238 g/mol. The van der Waals surface area contributed by atoms with Crippen molar-refractivity contribution in [1.82, 2.24) is 9.97 Å². The predicted octanol–water partition coefficient (Wildman–Crippen LogP) is 0.782. The largest absolute Gasteiger partial charge is 0.462 e. The molecule has 0 unspecified atom stereocenters. The number of carbonyl (C=O) groups is 1. The lowest BCUT2D eigenvalue weighted by Crippen LogP contribution is -2.07. The van der Waals surface area contributed by atoms with Gasteiger partial charge in [-0.25, -0.2) is 9.78 Å². The lowest BCUT2D eigenvalue weighted by atomic mass is 10.2. The van der Waals surface area contributed by atoms with Gasteiger partial charge in [-0.05, 0) is 13.8 Å². The van der Waals surface area contributed by atoms with Crippen LogP contribution in [0.2, 0.25) is 0 Å². The van der Waals surface area contributed by atoms with Crippen LogP contribution in [0.3, 0.4) is 0 Å². The van der Waals surface area contributed by atoms with Gasteiger partial charge in [0.15, 0.2) is 5.82 Å². The number of rotatable bonds is 3. The fraction of sp³-hybridized carbons (Fsp3) is 0.364. The molecule has 18 heavy (non-hydrogen) atoms. The molecule has 96 valence electrons. The van der Waals surface area contributed by atoms with Crippen LogP contribution in [0.5, 0.6) is 0 Å². The molecule has 0 radical (unpaired) electrons. The molecule has 0 spiro atoms. The molecule has 0 aromatic carbocycles. The fourth-order valence-corrected chi connectivity index (χ4v) is 1.70. The van der Waals surface area contributed by atoms with E-state index in [4.69, 9.17) is 20.0 Å². The third kappa shape index (κ3) is 1.88. The summed E-state index contributed by atoms with van der Waals surface area (Å²) in [4.78, 5) is 19.7. The third-order valence-electron chi connectivity index (χ3n) is 2.42. The highest BCUT2D eigenvalue weighted by Crippen LogP contribution is 2.28. The molecule has 2 heterocycles. The van der Waals surface area contributed by atoms with Crippen molar-refractivity contribution in [2.75, 3.05) is 12.3 Å². The number of ether oxygens (including phenoxy) is 1. The van der Waals surface area contributed by atoms with E-state index in [0.29, 0.717) is 11.1 Å². The van der Waals surface area contributed by atoms with Gasteiger partial charge in [0.2, 0.25) is 5.71 Å². The van der Waals surface area contributed by atoms with Gasteiger partial charge in [-0.3, -0.25) is 0 Å². The van der Waals surface area contributed by atoms with Crippen LogP contribution < -0.4 is 5.73 Å². The number of fused-ring (bicyclic) bond motifs is 1. The van der Waals surface area contributed by atoms with Crippen LogP contribution in [-0.4, -0.2) is 27.7 Å². The molecule has 0 atom stereocenters. The first-order chi connectivity index (χ1) is 8.58. The zero-order chi connectivity index (χ0) is 13.3. The van der Waals surface area contributed by atoms with E-state index in [1.54, 1.807) is 13.8 Å². The van der Waals surface area contributed by atoms with Crippen molar-refractivity contribution in [3.8, 4) is 0 Å². The van der Waals surface area contributed by atoms with E-state index in [9.17, 15) is 4.79 Å². The second kappa shape index (κ2) is 4.61. The maximum absolute atomic E-state index is 11.8. The van der Waals surface area contributed by atoms with Gasteiger partial charge in [-0.1, -0.05) is 0 Å². The molecular formula is C11H13N3O4. The topological polar surface area (TPSA) is 111 Å². The molecule has 7 nitrogen and oxygen atoms in total. The van der Waals surface area contributed by atoms with Crippen LogP contribution in [0, 0.1) is 6.92 Å². The van der Waals surface area contributed by atoms with Crippen molar-refractivity contribution < 1.29 is 19.1 Å². The number of aromatic nitrogens is 2. The fourth-order valence-electron chi connectivity index (χ4n) is 1.70. The second-order valence-electron chi connectivity index (χ2n) is 3.62. The number of aliphatic hydroxyl groups excluding tert-OH is 1. The van der Waals surface area contributed by atoms with Crippen molar-refractivity contribution in [2.45, 2.75) is 20.5 Å². The lowest BCUT2D eigenvalue weighted by Gasteiger charge is -2.02. The van der Waals surface area contributed by atoms with Crippen molar-refractivity contribution in [3.63, 3.8) is 0 Å². The van der Waals surface area contributed by atoms with Crippen LogP contribution in [-0.2, 0) is 11.3 Å². The molecule has 0 fully saturated rings. The first-order valence-corrected chi connectivity index (χ1v) is 5.42. The Balaban J connectivity index is 2.67. The van der Waals surface area contributed by atoms with E-state index in [0.717, 1.165) is 0 Å². The first-order valence-electron chi connectivity index (χ1n) is 5.42. The Bertz CT molecular complexity index is 606. The monoisotopic (exact) mass is 251 g/mol. The quantitative estimate of drug-likeness (QED) is 0.775. The zero-order valence-corrected chi connectivity index (χ0v) is 10.1. The molecule has 7 heteroatoms. The number of nitrogen functional groups attached to an aromatic ring is 1. The number of aryl methyl sites for hydroxylation is 1. The summed E-state index contributed by atoms with van der Waals surface area (Å²) < 4.78 is 10.3. The molecule has 0 aliphatic carbocycles. The molecule has 0 saturated carbocycles. The summed E-state index contributed by atoms with van der Waals surface area (Å²) >= 11 is 0. The van der Waals surface area contributed by atoms with E-state index in [-0.39, 0.29) is 36.1 Å². The number of carbonyl (C=O) groups excluding carboxylic acids is 1. The Hall–Kier alpha value is -2.15. The highest BCUT2D eigenvalue weighted by atomic mass is 16.5. The van der Waals surface area contributed by atoms with Crippen LogP contribution in [0.25, 0.3) is 11.1 Å². The highest BCUT2D eigenvalue weighted by molar-refractivity contribution is 6.07. The molecule has 3 N–H and O–H groups in total. The zero-order valence-electron chi connectivity index (χ0n) is 10.1. The molecule has 0 bridgehead atoms. The number of nitrogens with two attached hydrogens (primary N) is 1. The van der Waals surface area contributed by atoms with Crippen molar-refractivity contribution in [2.24, 2.45) is 0 Å². The van der Waals surface area contributed by atoms with Gasteiger partial charge < -0.3 is 20.0 Å². The number of esters is 1. The Labute approximate surface area is 103 Å². The van der Waals surface area contributed by atoms with Gasteiger partial charge in [0, 0.05) is 0 Å². The van der Waals surface area contributed by atoms with E-state index in [2.05, 4.69) is 9.97 Å².